The molecule has 5 heteroatoms. The van der Waals surface area contributed by atoms with Crippen molar-refractivity contribution in [1.82, 2.24) is 10.6 Å². The van der Waals surface area contributed by atoms with Crippen LogP contribution in [0.5, 0.6) is 0 Å². The first kappa shape index (κ1) is 8.39. The van der Waals surface area contributed by atoms with E-state index in [9.17, 15) is 13.6 Å². The highest BCUT2D eigenvalue weighted by Gasteiger charge is 2.38. The molecule has 1 fully saturated rings. The van der Waals surface area contributed by atoms with Crippen LogP contribution in [0, 0.1) is 0 Å². The molecule has 1 amide bonds. The van der Waals surface area contributed by atoms with Crippen LogP contribution in [0.15, 0.2) is 0 Å². The summed E-state index contributed by atoms with van der Waals surface area (Å²) in [6.07, 6.45) is 0.696. The van der Waals surface area contributed by atoms with E-state index in [4.69, 9.17) is 0 Å². The fraction of sp³-hybridized carbons (Fsp3) is 0.833. The minimum Gasteiger partial charge on any atom is -0.351 e. The van der Waals surface area contributed by atoms with E-state index in [0.29, 0.717) is 19.5 Å². The summed E-state index contributed by atoms with van der Waals surface area (Å²) in [5, 5.41) is 4.64. The van der Waals surface area contributed by atoms with Crippen molar-refractivity contribution in [2.24, 2.45) is 0 Å². The number of halogens is 2. The molecular weight excluding hydrogens is 154 g/mol. The van der Waals surface area contributed by atoms with Crippen LogP contribution in [-0.4, -0.2) is 31.5 Å². The third kappa shape index (κ3) is 2.11. The fourth-order valence-corrected chi connectivity index (χ4v) is 0.870. The zero-order valence-corrected chi connectivity index (χ0v) is 5.99. The van der Waals surface area contributed by atoms with Crippen LogP contribution in [0.25, 0.3) is 0 Å². The second-order valence-electron chi connectivity index (χ2n) is 2.49. The molecule has 0 aromatic heterocycles. The third-order valence-electron chi connectivity index (χ3n) is 1.50. The van der Waals surface area contributed by atoms with Crippen LogP contribution in [0.1, 0.15) is 6.42 Å². The highest BCUT2D eigenvalue weighted by atomic mass is 19.3. The summed E-state index contributed by atoms with van der Waals surface area (Å²) < 4.78 is 25.1. The molecule has 0 unspecified atom stereocenters. The highest BCUT2D eigenvalue weighted by molar-refractivity contribution is 5.83. The lowest BCUT2D eigenvalue weighted by atomic mass is 10.2. The SMILES string of the molecule is O=C1NCCCNCC1(F)F. The first-order valence-electron chi connectivity index (χ1n) is 3.50. The Labute approximate surface area is 63.2 Å². The molecule has 1 heterocycles. The van der Waals surface area contributed by atoms with Crippen molar-refractivity contribution in [3.63, 3.8) is 0 Å². The second-order valence-corrected chi connectivity index (χ2v) is 2.49. The largest absolute Gasteiger partial charge is 0.351 e. The van der Waals surface area contributed by atoms with Crippen LogP contribution in [0.2, 0.25) is 0 Å². The van der Waals surface area contributed by atoms with Crippen LogP contribution in [-0.2, 0) is 4.79 Å². The predicted molar refractivity (Wildman–Crippen MR) is 35.4 cm³/mol. The number of hydrogen-bond acceptors (Lipinski definition) is 2. The third-order valence-corrected chi connectivity index (χ3v) is 1.50. The molecule has 0 saturated carbocycles. The van der Waals surface area contributed by atoms with E-state index in [1.807, 2.05) is 0 Å². The summed E-state index contributed by atoms with van der Waals surface area (Å²) in [5.41, 5.74) is 0. The quantitative estimate of drug-likeness (QED) is 0.517. The summed E-state index contributed by atoms with van der Waals surface area (Å²) in [4.78, 5) is 10.6. The van der Waals surface area contributed by atoms with Crippen molar-refractivity contribution in [2.75, 3.05) is 19.6 Å². The minimum absolute atomic E-state index is 0.321. The van der Waals surface area contributed by atoms with Crippen molar-refractivity contribution in [3.8, 4) is 0 Å². The van der Waals surface area contributed by atoms with Crippen molar-refractivity contribution >= 4 is 5.91 Å². The van der Waals surface area contributed by atoms with Gasteiger partial charge in [0.2, 0.25) is 0 Å². The topological polar surface area (TPSA) is 41.1 Å². The molecule has 1 rings (SSSR count). The van der Waals surface area contributed by atoms with Gasteiger partial charge in [-0.2, -0.15) is 8.78 Å². The van der Waals surface area contributed by atoms with E-state index < -0.39 is 18.4 Å². The average Bonchev–Trinajstić information content (AvgIpc) is 1.93. The van der Waals surface area contributed by atoms with Gasteiger partial charge in [0.05, 0.1) is 6.54 Å². The normalized spacial score (nSPS) is 25.1. The van der Waals surface area contributed by atoms with Crippen molar-refractivity contribution in [2.45, 2.75) is 12.3 Å². The molecule has 0 radical (unpaired) electrons. The van der Waals surface area contributed by atoms with Crippen LogP contribution < -0.4 is 10.6 Å². The molecule has 3 nitrogen and oxygen atoms in total. The van der Waals surface area contributed by atoms with E-state index >= 15 is 0 Å². The Hall–Kier alpha value is -0.710. The van der Waals surface area contributed by atoms with E-state index in [-0.39, 0.29) is 0 Å². The molecule has 0 bridgehead atoms. The standard InChI is InChI=1S/C6H10F2N2O/c7-6(8)4-9-2-1-3-10-5(6)11/h9H,1-4H2,(H,10,11). The number of alkyl halides is 2. The molecular formula is C6H10F2N2O. The number of amides is 1. The number of carbonyl (C=O) groups is 1. The summed E-state index contributed by atoms with van der Waals surface area (Å²) in [5.74, 6) is -4.43. The first-order chi connectivity index (χ1) is 5.13. The van der Waals surface area contributed by atoms with Crippen LogP contribution in [0.4, 0.5) is 8.78 Å². The number of rotatable bonds is 0. The van der Waals surface area contributed by atoms with Gasteiger partial charge in [-0.3, -0.25) is 4.79 Å². The summed E-state index contributed by atoms with van der Waals surface area (Å²) in [6.45, 7) is 0.288. The number of nitrogens with one attached hydrogen (secondary N) is 2. The molecule has 0 aromatic carbocycles. The molecule has 1 aliphatic rings. The maximum Gasteiger partial charge on any atom is 0.336 e. The van der Waals surface area contributed by atoms with Crippen molar-refractivity contribution < 1.29 is 13.6 Å². The lowest BCUT2D eigenvalue weighted by Crippen LogP contribution is -2.49. The first-order valence-corrected chi connectivity index (χ1v) is 3.50. The summed E-state index contributed by atoms with van der Waals surface area (Å²) in [6, 6.07) is 0. The molecule has 11 heavy (non-hydrogen) atoms. The van der Waals surface area contributed by atoms with Gasteiger partial charge in [-0.1, -0.05) is 0 Å². The van der Waals surface area contributed by atoms with Gasteiger partial charge in [0, 0.05) is 6.54 Å². The fourth-order valence-electron chi connectivity index (χ4n) is 0.870. The second kappa shape index (κ2) is 3.13. The molecule has 1 saturated heterocycles. The Morgan fingerprint density at radius 2 is 2.09 bits per heavy atom. The van der Waals surface area contributed by atoms with E-state index in [1.165, 1.54) is 0 Å². The van der Waals surface area contributed by atoms with E-state index in [1.54, 1.807) is 0 Å². The lowest BCUT2D eigenvalue weighted by molar-refractivity contribution is -0.145. The zero-order chi connectivity index (χ0) is 8.32. The van der Waals surface area contributed by atoms with Gasteiger partial charge in [0.1, 0.15) is 0 Å². The molecule has 0 aromatic rings. The van der Waals surface area contributed by atoms with Gasteiger partial charge in [-0.25, -0.2) is 0 Å². The lowest BCUT2D eigenvalue weighted by Gasteiger charge is -2.19. The van der Waals surface area contributed by atoms with E-state index in [0.717, 1.165) is 0 Å². The monoisotopic (exact) mass is 164 g/mol. The molecule has 0 spiro atoms. The molecule has 0 aliphatic carbocycles. The van der Waals surface area contributed by atoms with E-state index in [2.05, 4.69) is 10.6 Å². The molecule has 1 aliphatic heterocycles. The predicted octanol–water partition coefficient (Wildman–Crippen LogP) is -0.269. The van der Waals surface area contributed by atoms with Crippen molar-refractivity contribution in [1.29, 1.82) is 0 Å². The van der Waals surface area contributed by atoms with Gasteiger partial charge in [-0.05, 0) is 13.0 Å². The van der Waals surface area contributed by atoms with Crippen molar-refractivity contribution in [3.05, 3.63) is 0 Å². The number of hydrogen-bond donors (Lipinski definition) is 2. The Balaban J connectivity index is 2.54. The van der Waals surface area contributed by atoms with Gasteiger partial charge in [-0.15, -0.1) is 0 Å². The smallest absolute Gasteiger partial charge is 0.336 e. The summed E-state index contributed by atoms with van der Waals surface area (Å²) >= 11 is 0. The minimum atomic E-state index is -3.25. The number of carbonyl (C=O) groups excluding carboxylic acids is 1. The Morgan fingerprint density at radius 3 is 2.82 bits per heavy atom. The maximum absolute atomic E-state index is 12.6. The maximum atomic E-state index is 12.6. The van der Waals surface area contributed by atoms with Gasteiger partial charge < -0.3 is 10.6 Å². The highest BCUT2D eigenvalue weighted by Crippen LogP contribution is 2.12. The van der Waals surface area contributed by atoms with Gasteiger partial charge in [0.25, 0.3) is 5.91 Å². The van der Waals surface area contributed by atoms with Gasteiger partial charge >= 0.3 is 5.92 Å². The van der Waals surface area contributed by atoms with Gasteiger partial charge in [0.15, 0.2) is 0 Å². The molecule has 64 valence electrons. The Bertz CT molecular complexity index is 161. The Morgan fingerprint density at radius 1 is 1.36 bits per heavy atom. The van der Waals surface area contributed by atoms with Crippen LogP contribution in [0.3, 0.4) is 0 Å². The molecule has 2 N–H and O–H groups in total. The van der Waals surface area contributed by atoms with Crippen LogP contribution >= 0.6 is 0 Å². The summed E-state index contributed by atoms with van der Waals surface area (Å²) in [7, 11) is 0. The average molecular weight is 164 g/mol. The Kier molecular flexibility index (Phi) is 2.38. The molecule has 0 atom stereocenters. The zero-order valence-electron chi connectivity index (χ0n) is 5.99.